The molecule has 2 saturated carbocycles. The molecule has 0 aromatic carbocycles. The molecule has 124 valence electrons. The van der Waals surface area contributed by atoms with Crippen LogP contribution in [0.25, 0.3) is 0 Å². The molecule has 0 aromatic heterocycles. The summed E-state index contributed by atoms with van der Waals surface area (Å²) in [7, 11) is 1.29. The van der Waals surface area contributed by atoms with Crippen LogP contribution in [0.2, 0.25) is 0 Å². The predicted molar refractivity (Wildman–Crippen MR) is 70.8 cm³/mol. The summed E-state index contributed by atoms with van der Waals surface area (Å²) in [6.45, 7) is 2.03. The fourth-order valence-corrected chi connectivity index (χ4v) is 3.32. The summed E-state index contributed by atoms with van der Waals surface area (Å²) in [6, 6.07) is 0. The summed E-state index contributed by atoms with van der Waals surface area (Å²) in [5.74, 6) is -0.447. The van der Waals surface area contributed by atoms with E-state index in [1.165, 1.54) is 7.11 Å². The molecule has 21 heavy (non-hydrogen) atoms. The van der Waals surface area contributed by atoms with Crippen molar-refractivity contribution in [2.24, 2.45) is 11.8 Å². The lowest BCUT2D eigenvalue weighted by Crippen LogP contribution is -2.49. The molecule has 0 N–H and O–H groups in total. The molecule has 0 aliphatic heterocycles. The fourth-order valence-electron chi connectivity index (χ4n) is 3.32. The van der Waals surface area contributed by atoms with Crippen LogP contribution in [0.1, 0.15) is 45.4 Å². The van der Waals surface area contributed by atoms with E-state index >= 15 is 0 Å². The monoisotopic (exact) mass is 312 g/mol. The van der Waals surface area contributed by atoms with E-state index in [9.17, 15) is 17.6 Å². The number of hydrogen-bond donors (Lipinski definition) is 0. The van der Waals surface area contributed by atoms with Crippen molar-refractivity contribution >= 4 is 0 Å². The number of rotatable bonds is 4. The molecule has 0 radical (unpaired) electrons. The summed E-state index contributed by atoms with van der Waals surface area (Å²) in [6.07, 6.45) is -7.16. The first-order valence-corrected chi connectivity index (χ1v) is 7.71. The van der Waals surface area contributed by atoms with Crippen LogP contribution in [-0.4, -0.2) is 37.8 Å². The van der Waals surface area contributed by atoms with Crippen LogP contribution in [0.15, 0.2) is 0 Å². The largest absolute Gasteiger partial charge is 0.378 e. The normalized spacial score (nSPS) is 42.0. The van der Waals surface area contributed by atoms with Gasteiger partial charge in [0.15, 0.2) is 12.3 Å². The van der Waals surface area contributed by atoms with E-state index in [0.717, 1.165) is 12.8 Å². The van der Waals surface area contributed by atoms with E-state index in [2.05, 4.69) is 0 Å². The molecule has 0 saturated heterocycles. The van der Waals surface area contributed by atoms with Gasteiger partial charge in [-0.05, 0) is 31.6 Å². The highest BCUT2D eigenvalue weighted by atomic mass is 19.3. The lowest BCUT2D eigenvalue weighted by atomic mass is 9.82. The van der Waals surface area contributed by atoms with Gasteiger partial charge in [0.25, 0.3) is 0 Å². The lowest BCUT2D eigenvalue weighted by molar-refractivity contribution is -0.313. The van der Waals surface area contributed by atoms with Crippen molar-refractivity contribution in [3.05, 3.63) is 0 Å². The van der Waals surface area contributed by atoms with Crippen molar-refractivity contribution in [1.29, 1.82) is 0 Å². The summed E-state index contributed by atoms with van der Waals surface area (Å²) < 4.78 is 65.5. The van der Waals surface area contributed by atoms with Crippen LogP contribution in [0.5, 0.6) is 0 Å². The second-order valence-electron chi connectivity index (χ2n) is 6.42. The van der Waals surface area contributed by atoms with Gasteiger partial charge in [0.2, 0.25) is 0 Å². The summed E-state index contributed by atoms with van der Waals surface area (Å²) in [5, 5.41) is 0. The van der Waals surface area contributed by atoms with Crippen LogP contribution in [0, 0.1) is 11.8 Å². The summed E-state index contributed by atoms with van der Waals surface area (Å²) in [4.78, 5) is 0. The molecule has 0 aromatic rings. The molecule has 0 heterocycles. The maximum atomic E-state index is 14.2. The predicted octanol–water partition coefficient (Wildman–Crippen LogP) is 4.28. The van der Waals surface area contributed by atoms with Crippen molar-refractivity contribution < 1.29 is 27.0 Å². The van der Waals surface area contributed by atoms with E-state index in [1.54, 1.807) is 0 Å². The van der Waals surface area contributed by atoms with Crippen molar-refractivity contribution in [2.45, 2.75) is 76.1 Å². The smallest absolute Gasteiger partial charge is 0.358 e. The minimum absolute atomic E-state index is 0.0544. The number of halogens is 4. The molecule has 0 amide bonds. The minimum atomic E-state index is -3.38. The quantitative estimate of drug-likeness (QED) is 0.722. The van der Waals surface area contributed by atoms with Crippen molar-refractivity contribution in [3.63, 3.8) is 0 Å². The zero-order valence-electron chi connectivity index (χ0n) is 12.5. The van der Waals surface area contributed by atoms with E-state index in [0.29, 0.717) is 18.8 Å². The van der Waals surface area contributed by atoms with Gasteiger partial charge in [0, 0.05) is 7.11 Å². The molecule has 2 aliphatic carbocycles. The van der Waals surface area contributed by atoms with Crippen LogP contribution < -0.4 is 0 Å². The second kappa shape index (κ2) is 6.82. The Kier molecular flexibility index (Phi) is 5.52. The molecule has 0 spiro atoms. The standard InChI is InChI=1S/C15H24F4O2/c1-9-3-5-10(6-4-9)15(18,19)21-12-8-7-11(20-2)13(16)14(12)17/h9-14H,3-8H2,1-2H3. The molecular weight excluding hydrogens is 288 g/mol. The Bertz CT molecular complexity index is 332. The van der Waals surface area contributed by atoms with E-state index in [1.807, 2.05) is 6.92 Å². The Hall–Kier alpha value is -0.360. The highest BCUT2D eigenvalue weighted by Crippen LogP contribution is 2.42. The average Bonchev–Trinajstić information content (AvgIpc) is 2.44. The number of methoxy groups -OCH3 is 1. The molecule has 4 atom stereocenters. The van der Waals surface area contributed by atoms with E-state index < -0.39 is 36.6 Å². The third-order valence-electron chi connectivity index (χ3n) is 4.85. The first kappa shape index (κ1) is 17.0. The molecule has 2 nitrogen and oxygen atoms in total. The fraction of sp³-hybridized carbons (Fsp3) is 1.00. The molecule has 6 heteroatoms. The van der Waals surface area contributed by atoms with Crippen molar-refractivity contribution in [1.82, 2.24) is 0 Å². The zero-order chi connectivity index (χ0) is 15.6. The van der Waals surface area contributed by atoms with Gasteiger partial charge < -0.3 is 9.47 Å². The third kappa shape index (κ3) is 3.89. The molecule has 4 unspecified atom stereocenters. The maximum absolute atomic E-state index is 14.2. The minimum Gasteiger partial charge on any atom is -0.378 e. The lowest BCUT2D eigenvalue weighted by Gasteiger charge is -2.38. The van der Waals surface area contributed by atoms with Crippen LogP contribution in [0.3, 0.4) is 0 Å². The number of hydrogen-bond acceptors (Lipinski definition) is 2. The van der Waals surface area contributed by atoms with Gasteiger partial charge in [-0.3, -0.25) is 0 Å². The van der Waals surface area contributed by atoms with Gasteiger partial charge in [-0.1, -0.05) is 19.8 Å². The SMILES string of the molecule is COC1CCC(OC(F)(F)C2CCC(C)CC2)C(F)C1F. The van der Waals surface area contributed by atoms with Gasteiger partial charge in [-0.2, -0.15) is 8.78 Å². The molecule has 2 rings (SSSR count). The van der Waals surface area contributed by atoms with Crippen molar-refractivity contribution in [3.8, 4) is 0 Å². The summed E-state index contributed by atoms with van der Waals surface area (Å²) >= 11 is 0. The van der Waals surface area contributed by atoms with E-state index in [-0.39, 0.29) is 12.8 Å². The molecule has 2 fully saturated rings. The highest BCUT2D eigenvalue weighted by Gasteiger charge is 2.49. The second-order valence-corrected chi connectivity index (χ2v) is 6.42. The number of alkyl halides is 4. The Morgan fingerprint density at radius 3 is 1.95 bits per heavy atom. The maximum Gasteiger partial charge on any atom is 0.358 e. The van der Waals surface area contributed by atoms with Crippen LogP contribution in [-0.2, 0) is 9.47 Å². The highest BCUT2D eigenvalue weighted by molar-refractivity contribution is 4.91. The van der Waals surface area contributed by atoms with Gasteiger partial charge in [-0.15, -0.1) is 0 Å². The van der Waals surface area contributed by atoms with Gasteiger partial charge >= 0.3 is 6.11 Å². The Balaban J connectivity index is 1.93. The van der Waals surface area contributed by atoms with Gasteiger partial charge in [0.05, 0.1) is 18.1 Å². The van der Waals surface area contributed by atoms with E-state index in [4.69, 9.17) is 9.47 Å². The molecular formula is C15H24F4O2. The Morgan fingerprint density at radius 2 is 1.38 bits per heavy atom. The van der Waals surface area contributed by atoms with Crippen LogP contribution >= 0.6 is 0 Å². The molecule has 0 bridgehead atoms. The van der Waals surface area contributed by atoms with Crippen LogP contribution in [0.4, 0.5) is 17.6 Å². The van der Waals surface area contributed by atoms with Gasteiger partial charge in [0.1, 0.15) is 0 Å². The molecule has 2 aliphatic rings. The topological polar surface area (TPSA) is 18.5 Å². The summed E-state index contributed by atoms with van der Waals surface area (Å²) in [5.41, 5.74) is 0. The van der Waals surface area contributed by atoms with Gasteiger partial charge in [-0.25, -0.2) is 8.78 Å². The Labute approximate surface area is 123 Å². The zero-order valence-corrected chi connectivity index (χ0v) is 12.5. The van der Waals surface area contributed by atoms with Crippen molar-refractivity contribution in [2.75, 3.05) is 7.11 Å². The first-order chi connectivity index (χ1) is 9.85. The average molecular weight is 312 g/mol. The third-order valence-corrected chi connectivity index (χ3v) is 4.85. The Morgan fingerprint density at radius 1 is 0.857 bits per heavy atom. The number of ether oxygens (including phenoxy) is 2. The first-order valence-electron chi connectivity index (χ1n) is 7.71.